The van der Waals surface area contributed by atoms with E-state index in [0.717, 1.165) is 44.2 Å². The maximum absolute atomic E-state index is 15.2. The number of hydrogen-bond donors (Lipinski definition) is 1. The fourth-order valence-electron chi connectivity index (χ4n) is 4.84. The maximum Gasteiger partial charge on any atom is 0.416 e. The van der Waals surface area contributed by atoms with Gasteiger partial charge in [-0.2, -0.15) is 13.2 Å². The van der Waals surface area contributed by atoms with Gasteiger partial charge in [-0.05, 0) is 43.4 Å². The van der Waals surface area contributed by atoms with Crippen LogP contribution < -0.4 is 4.90 Å². The summed E-state index contributed by atoms with van der Waals surface area (Å²) in [5.41, 5.74) is -0.456. The highest BCUT2D eigenvalue weighted by Gasteiger charge is 2.35. The Bertz CT molecular complexity index is 1130. The molecule has 9 heteroatoms. The summed E-state index contributed by atoms with van der Waals surface area (Å²) in [5, 5.41) is 11.3. The summed E-state index contributed by atoms with van der Waals surface area (Å²) in [7, 11) is 0. The van der Waals surface area contributed by atoms with Gasteiger partial charge in [0.15, 0.2) is 5.82 Å². The summed E-state index contributed by atoms with van der Waals surface area (Å²) < 4.78 is 55.6. The molecular formula is C24H26F4N4O. The summed E-state index contributed by atoms with van der Waals surface area (Å²) in [6, 6.07) is 5.19. The predicted octanol–water partition coefficient (Wildman–Crippen LogP) is 5.45. The van der Waals surface area contributed by atoms with E-state index < -0.39 is 23.2 Å². The average Bonchev–Trinajstić information content (AvgIpc) is 3.57. The standard InChI is InChI=1S/C24H26F4N4O/c25-19-13-31(14-23(33)10-2-1-3-11-23)21-20(19)22(30-15-29-21)32(18-8-9-18)12-16-4-6-17(7-5-16)24(26,27)28/h4-7,13,15,18,33H,1-3,8-12,14H2. The van der Waals surface area contributed by atoms with Gasteiger partial charge in [-0.15, -0.1) is 0 Å². The van der Waals surface area contributed by atoms with Gasteiger partial charge in [0.05, 0.1) is 23.1 Å². The van der Waals surface area contributed by atoms with Crippen LogP contribution in [0.4, 0.5) is 23.4 Å². The zero-order valence-electron chi connectivity index (χ0n) is 18.2. The van der Waals surface area contributed by atoms with Crippen LogP contribution in [0.3, 0.4) is 0 Å². The quantitative estimate of drug-likeness (QED) is 0.495. The van der Waals surface area contributed by atoms with Gasteiger partial charge in [0.25, 0.3) is 0 Å². The van der Waals surface area contributed by atoms with Crippen LogP contribution in [-0.4, -0.2) is 31.3 Å². The molecule has 0 atom stereocenters. The number of fused-ring (bicyclic) bond motifs is 1. The third-order valence-corrected chi connectivity index (χ3v) is 6.73. The van der Waals surface area contributed by atoms with E-state index in [1.807, 2.05) is 4.90 Å². The largest absolute Gasteiger partial charge is 0.416 e. The first-order chi connectivity index (χ1) is 15.7. The van der Waals surface area contributed by atoms with Gasteiger partial charge in [0.2, 0.25) is 0 Å². The Hall–Kier alpha value is -2.68. The molecule has 176 valence electrons. The minimum Gasteiger partial charge on any atom is -0.388 e. The van der Waals surface area contributed by atoms with Crippen molar-refractivity contribution in [2.75, 3.05) is 4.90 Å². The zero-order valence-corrected chi connectivity index (χ0v) is 18.2. The Kier molecular flexibility index (Phi) is 5.55. The fraction of sp³-hybridized carbons (Fsp3) is 0.500. The SMILES string of the molecule is OC1(Cn2cc(F)c3c(N(Cc4ccc(C(F)(F)F)cc4)C4CC4)ncnc32)CCCCC1. The van der Waals surface area contributed by atoms with E-state index in [2.05, 4.69) is 9.97 Å². The van der Waals surface area contributed by atoms with Crippen molar-refractivity contribution in [3.8, 4) is 0 Å². The van der Waals surface area contributed by atoms with Crippen molar-refractivity contribution >= 4 is 16.9 Å². The monoisotopic (exact) mass is 462 g/mol. The minimum absolute atomic E-state index is 0.149. The Morgan fingerprint density at radius 1 is 1.06 bits per heavy atom. The summed E-state index contributed by atoms with van der Waals surface area (Å²) >= 11 is 0. The van der Waals surface area contributed by atoms with Crippen molar-refractivity contribution in [1.82, 2.24) is 14.5 Å². The number of aromatic nitrogens is 3. The molecule has 0 radical (unpaired) electrons. The van der Waals surface area contributed by atoms with Crippen LogP contribution in [-0.2, 0) is 19.3 Å². The van der Waals surface area contributed by atoms with Crippen LogP contribution in [0.2, 0.25) is 0 Å². The van der Waals surface area contributed by atoms with Crippen molar-refractivity contribution in [2.45, 2.75) is 75.9 Å². The predicted molar refractivity (Wildman–Crippen MR) is 116 cm³/mol. The third-order valence-electron chi connectivity index (χ3n) is 6.73. The first kappa shape index (κ1) is 22.1. The molecule has 0 aliphatic heterocycles. The molecule has 0 saturated heterocycles. The first-order valence-electron chi connectivity index (χ1n) is 11.4. The van der Waals surface area contributed by atoms with Gasteiger partial charge >= 0.3 is 6.18 Å². The Morgan fingerprint density at radius 3 is 2.39 bits per heavy atom. The van der Waals surface area contributed by atoms with Gasteiger partial charge < -0.3 is 14.6 Å². The summed E-state index contributed by atoms with van der Waals surface area (Å²) in [6.07, 6.45) is 4.53. The number of nitrogens with zero attached hydrogens (tertiary/aromatic N) is 4. The van der Waals surface area contributed by atoms with E-state index in [-0.39, 0.29) is 18.0 Å². The second-order valence-corrected chi connectivity index (χ2v) is 9.34. The molecule has 1 aromatic carbocycles. The lowest BCUT2D eigenvalue weighted by Crippen LogP contribution is -2.36. The molecule has 0 spiro atoms. The van der Waals surface area contributed by atoms with Crippen molar-refractivity contribution < 1.29 is 22.7 Å². The van der Waals surface area contributed by atoms with Crippen molar-refractivity contribution in [2.24, 2.45) is 0 Å². The highest BCUT2D eigenvalue weighted by Crippen LogP contribution is 2.38. The highest BCUT2D eigenvalue weighted by atomic mass is 19.4. The molecule has 33 heavy (non-hydrogen) atoms. The molecule has 0 unspecified atom stereocenters. The lowest BCUT2D eigenvalue weighted by atomic mass is 9.85. The molecular weight excluding hydrogens is 436 g/mol. The van der Waals surface area contributed by atoms with Crippen LogP contribution in [0.5, 0.6) is 0 Å². The van der Waals surface area contributed by atoms with E-state index in [1.165, 1.54) is 24.7 Å². The molecule has 1 N–H and O–H groups in total. The number of halogens is 4. The van der Waals surface area contributed by atoms with Crippen molar-refractivity contribution in [3.05, 3.63) is 53.7 Å². The second-order valence-electron chi connectivity index (χ2n) is 9.34. The van der Waals surface area contributed by atoms with E-state index in [9.17, 15) is 18.3 Å². The molecule has 0 bridgehead atoms. The smallest absolute Gasteiger partial charge is 0.388 e. The third kappa shape index (κ3) is 4.55. The Balaban J connectivity index is 1.47. The molecule has 2 aliphatic carbocycles. The lowest BCUT2D eigenvalue weighted by Gasteiger charge is -2.32. The van der Waals surface area contributed by atoms with Crippen LogP contribution in [0.25, 0.3) is 11.0 Å². The van der Waals surface area contributed by atoms with Crippen LogP contribution >= 0.6 is 0 Å². The molecule has 0 amide bonds. The number of aliphatic hydroxyl groups is 1. The summed E-state index contributed by atoms with van der Waals surface area (Å²) in [4.78, 5) is 10.6. The van der Waals surface area contributed by atoms with Gasteiger partial charge in [0, 0.05) is 18.8 Å². The topological polar surface area (TPSA) is 54.2 Å². The summed E-state index contributed by atoms with van der Waals surface area (Å²) in [5.74, 6) is -0.0210. The molecule has 5 rings (SSSR count). The van der Waals surface area contributed by atoms with E-state index >= 15 is 4.39 Å². The zero-order chi connectivity index (χ0) is 23.2. The molecule has 5 nitrogen and oxygen atoms in total. The van der Waals surface area contributed by atoms with Crippen molar-refractivity contribution in [1.29, 1.82) is 0 Å². The van der Waals surface area contributed by atoms with E-state index in [0.29, 0.717) is 36.4 Å². The van der Waals surface area contributed by atoms with Crippen LogP contribution in [0.1, 0.15) is 56.1 Å². The van der Waals surface area contributed by atoms with Gasteiger partial charge in [0.1, 0.15) is 17.8 Å². The molecule has 2 saturated carbocycles. The van der Waals surface area contributed by atoms with Crippen LogP contribution in [0.15, 0.2) is 36.8 Å². The first-order valence-corrected chi connectivity index (χ1v) is 11.4. The van der Waals surface area contributed by atoms with E-state index in [4.69, 9.17) is 0 Å². The van der Waals surface area contributed by atoms with Gasteiger partial charge in [-0.25, -0.2) is 14.4 Å². The average molecular weight is 462 g/mol. The van der Waals surface area contributed by atoms with Crippen LogP contribution in [0, 0.1) is 5.82 Å². The van der Waals surface area contributed by atoms with Gasteiger partial charge in [-0.1, -0.05) is 31.4 Å². The van der Waals surface area contributed by atoms with Crippen molar-refractivity contribution in [3.63, 3.8) is 0 Å². The maximum atomic E-state index is 15.2. The highest BCUT2D eigenvalue weighted by molar-refractivity contribution is 5.89. The summed E-state index contributed by atoms with van der Waals surface area (Å²) in [6.45, 7) is 0.593. The Labute approximate surface area is 189 Å². The second kappa shape index (κ2) is 8.27. The molecule has 2 aliphatic rings. The van der Waals surface area contributed by atoms with E-state index in [1.54, 1.807) is 4.57 Å². The number of anilines is 1. The Morgan fingerprint density at radius 2 is 1.76 bits per heavy atom. The molecule has 3 aromatic rings. The molecule has 2 fully saturated rings. The minimum atomic E-state index is -4.39. The number of hydrogen-bond acceptors (Lipinski definition) is 4. The van der Waals surface area contributed by atoms with Gasteiger partial charge in [-0.3, -0.25) is 0 Å². The molecule has 2 heterocycles. The lowest BCUT2D eigenvalue weighted by molar-refractivity contribution is -0.137. The number of benzene rings is 1. The number of rotatable bonds is 6. The fourth-order valence-corrected chi connectivity index (χ4v) is 4.84. The molecule has 2 aromatic heterocycles. The number of alkyl halides is 3. The normalized spacial score (nSPS) is 18.6.